The first-order valence-electron chi connectivity index (χ1n) is 8.65. The Morgan fingerprint density at radius 2 is 1.88 bits per heavy atom. The lowest BCUT2D eigenvalue weighted by Crippen LogP contribution is -2.28. The molecule has 0 amide bonds. The molecule has 1 aliphatic heterocycles. The van der Waals surface area contributed by atoms with E-state index in [2.05, 4.69) is 74.2 Å². The number of aromatic nitrogens is 2. The highest BCUT2D eigenvalue weighted by Gasteiger charge is 2.22. The third-order valence-electron chi connectivity index (χ3n) is 4.54. The van der Waals surface area contributed by atoms with Gasteiger partial charge in [0.15, 0.2) is 5.16 Å². The summed E-state index contributed by atoms with van der Waals surface area (Å²) in [6.07, 6.45) is 4.81. The maximum Gasteiger partial charge on any atom is 0.180 e. The summed E-state index contributed by atoms with van der Waals surface area (Å²) >= 11 is 1.59. The van der Waals surface area contributed by atoms with Crippen LogP contribution in [0.5, 0.6) is 0 Å². The summed E-state index contributed by atoms with van der Waals surface area (Å²) in [5.74, 6) is 0. The number of H-pyrrole nitrogens is 1. The fourth-order valence-corrected chi connectivity index (χ4v) is 3.92. The highest BCUT2D eigenvalue weighted by molar-refractivity contribution is 7.97. The van der Waals surface area contributed by atoms with E-state index in [0.29, 0.717) is 6.04 Å². The SMILES string of the molecule is c1ccc(-c2ccc(CN3CCC(NSc4ncc[nH]4)C3)cc2)cc1. The number of hydrogen-bond acceptors (Lipinski definition) is 4. The van der Waals surface area contributed by atoms with Gasteiger partial charge in [0, 0.05) is 38.1 Å². The van der Waals surface area contributed by atoms with Crippen LogP contribution < -0.4 is 4.72 Å². The zero-order valence-corrected chi connectivity index (χ0v) is 14.9. The van der Waals surface area contributed by atoms with Crippen molar-refractivity contribution in [3.8, 4) is 11.1 Å². The van der Waals surface area contributed by atoms with E-state index in [1.165, 1.54) is 23.1 Å². The van der Waals surface area contributed by atoms with Crippen LogP contribution in [0.2, 0.25) is 0 Å². The van der Waals surface area contributed by atoms with E-state index in [9.17, 15) is 0 Å². The number of benzene rings is 2. The van der Waals surface area contributed by atoms with Gasteiger partial charge in [-0.1, -0.05) is 54.6 Å². The van der Waals surface area contributed by atoms with Gasteiger partial charge in [0.25, 0.3) is 0 Å². The molecule has 2 heterocycles. The van der Waals surface area contributed by atoms with Crippen molar-refractivity contribution in [2.24, 2.45) is 0 Å². The van der Waals surface area contributed by atoms with Gasteiger partial charge in [-0.2, -0.15) is 0 Å². The predicted octanol–water partition coefficient (Wildman–Crippen LogP) is 3.95. The van der Waals surface area contributed by atoms with Crippen molar-refractivity contribution < 1.29 is 0 Å². The molecule has 1 fully saturated rings. The van der Waals surface area contributed by atoms with Crippen LogP contribution in [0.4, 0.5) is 0 Å². The van der Waals surface area contributed by atoms with Gasteiger partial charge in [0.2, 0.25) is 0 Å². The zero-order valence-electron chi connectivity index (χ0n) is 14.1. The molecule has 1 aromatic heterocycles. The van der Waals surface area contributed by atoms with Crippen LogP contribution in [0.15, 0.2) is 72.1 Å². The molecule has 1 unspecified atom stereocenters. The van der Waals surface area contributed by atoms with Crippen molar-refractivity contribution in [2.75, 3.05) is 13.1 Å². The summed E-state index contributed by atoms with van der Waals surface area (Å²) in [6, 6.07) is 20.0. The van der Waals surface area contributed by atoms with Gasteiger partial charge in [-0.25, -0.2) is 4.98 Å². The monoisotopic (exact) mass is 350 g/mol. The third-order valence-corrected chi connectivity index (χ3v) is 5.40. The van der Waals surface area contributed by atoms with Crippen LogP contribution in [-0.2, 0) is 6.54 Å². The summed E-state index contributed by atoms with van der Waals surface area (Å²) < 4.78 is 3.51. The molecular weight excluding hydrogens is 328 g/mol. The van der Waals surface area contributed by atoms with E-state index in [0.717, 1.165) is 24.8 Å². The standard InChI is InChI=1S/C20H22N4S/c1-2-4-17(5-3-1)18-8-6-16(7-9-18)14-24-13-10-19(15-24)23-25-20-21-11-12-22-20/h1-9,11-12,19,23H,10,13-15H2,(H,21,22). The maximum absolute atomic E-state index is 4.23. The minimum Gasteiger partial charge on any atom is -0.339 e. The Bertz CT molecular complexity index is 771. The number of likely N-dealkylation sites (tertiary alicyclic amines) is 1. The van der Waals surface area contributed by atoms with Gasteiger partial charge in [0.1, 0.15) is 0 Å². The first kappa shape index (κ1) is 16.4. The maximum atomic E-state index is 4.23. The fraction of sp³-hybridized carbons (Fsp3) is 0.250. The van der Waals surface area contributed by atoms with E-state index in [1.807, 2.05) is 6.20 Å². The molecule has 1 saturated heterocycles. The largest absolute Gasteiger partial charge is 0.339 e. The van der Waals surface area contributed by atoms with Crippen LogP contribution in [0.1, 0.15) is 12.0 Å². The molecule has 5 heteroatoms. The first-order valence-corrected chi connectivity index (χ1v) is 9.47. The summed E-state index contributed by atoms with van der Waals surface area (Å²) in [7, 11) is 0. The second kappa shape index (κ2) is 7.87. The Hall–Kier alpha value is -2.08. The lowest BCUT2D eigenvalue weighted by atomic mass is 10.0. The van der Waals surface area contributed by atoms with Crippen molar-refractivity contribution in [3.63, 3.8) is 0 Å². The average Bonchev–Trinajstić information content (AvgIpc) is 3.33. The quantitative estimate of drug-likeness (QED) is 0.661. The molecule has 0 saturated carbocycles. The number of hydrogen-bond donors (Lipinski definition) is 2. The molecule has 0 spiro atoms. The topological polar surface area (TPSA) is 44.0 Å². The number of imidazole rings is 1. The van der Waals surface area contributed by atoms with Gasteiger partial charge in [0.05, 0.1) is 0 Å². The van der Waals surface area contributed by atoms with Crippen LogP contribution in [-0.4, -0.2) is 34.0 Å². The summed E-state index contributed by atoms with van der Waals surface area (Å²) in [5, 5.41) is 0.926. The fourth-order valence-electron chi connectivity index (χ4n) is 3.21. The number of rotatable bonds is 6. The number of aromatic amines is 1. The zero-order chi connectivity index (χ0) is 16.9. The van der Waals surface area contributed by atoms with Gasteiger partial charge >= 0.3 is 0 Å². The number of nitrogens with zero attached hydrogens (tertiary/aromatic N) is 2. The van der Waals surface area contributed by atoms with Gasteiger partial charge in [-0.3, -0.25) is 9.62 Å². The lowest BCUT2D eigenvalue weighted by molar-refractivity contribution is 0.325. The molecule has 4 rings (SSSR count). The van der Waals surface area contributed by atoms with Crippen molar-refractivity contribution in [1.82, 2.24) is 19.6 Å². The van der Waals surface area contributed by atoms with Crippen molar-refractivity contribution in [3.05, 3.63) is 72.6 Å². The van der Waals surface area contributed by atoms with E-state index >= 15 is 0 Å². The minimum absolute atomic E-state index is 0.513. The second-order valence-electron chi connectivity index (χ2n) is 6.40. The molecule has 25 heavy (non-hydrogen) atoms. The first-order chi connectivity index (χ1) is 12.4. The summed E-state index contributed by atoms with van der Waals surface area (Å²) in [4.78, 5) is 9.85. The molecule has 0 radical (unpaired) electrons. The van der Waals surface area contributed by atoms with E-state index in [4.69, 9.17) is 0 Å². The second-order valence-corrected chi connectivity index (χ2v) is 7.22. The highest BCUT2D eigenvalue weighted by atomic mass is 32.2. The molecule has 4 nitrogen and oxygen atoms in total. The Kier molecular flexibility index (Phi) is 5.16. The Labute approximate surface area is 152 Å². The molecule has 3 aromatic rings. The van der Waals surface area contributed by atoms with Crippen LogP contribution in [0.25, 0.3) is 11.1 Å². The van der Waals surface area contributed by atoms with Crippen molar-refractivity contribution in [1.29, 1.82) is 0 Å². The lowest BCUT2D eigenvalue weighted by Gasteiger charge is -2.16. The summed E-state index contributed by atoms with van der Waals surface area (Å²) in [5.41, 5.74) is 3.92. The molecule has 128 valence electrons. The van der Waals surface area contributed by atoms with E-state index < -0.39 is 0 Å². The van der Waals surface area contributed by atoms with Crippen molar-refractivity contribution >= 4 is 11.9 Å². The Morgan fingerprint density at radius 1 is 1.08 bits per heavy atom. The molecule has 0 aliphatic carbocycles. The van der Waals surface area contributed by atoms with Crippen LogP contribution in [0.3, 0.4) is 0 Å². The minimum atomic E-state index is 0.513. The predicted molar refractivity (Wildman–Crippen MR) is 103 cm³/mol. The number of nitrogens with one attached hydrogen (secondary N) is 2. The molecule has 1 aliphatic rings. The van der Waals surface area contributed by atoms with Gasteiger partial charge in [-0.05, 0) is 35.1 Å². The normalized spacial score (nSPS) is 17.8. The van der Waals surface area contributed by atoms with E-state index in [1.54, 1.807) is 18.1 Å². The molecular formula is C20H22N4S. The average molecular weight is 350 g/mol. The molecule has 1 atom stereocenters. The molecule has 2 N–H and O–H groups in total. The van der Waals surface area contributed by atoms with Crippen LogP contribution >= 0.6 is 11.9 Å². The van der Waals surface area contributed by atoms with E-state index in [-0.39, 0.29) is 0 Å². The smallest absolute Gasteiger partial charge is 0.180 e. The summed E-state index contributed by atoms with van der Waals surface area (Å²) in [6.45, 7) is 3.23. The van der Waals surface area contributed by atoms with Gasteiger partial charge < -0.3 is 4.98 Å². The van der Waals surface area contributed by atoms with Gasteiger partial charge in [-0.15, -0.1) is 0 Å². The molecule has 2 aromatic carbocycles. The molecule has 0 bridgehead atoms. The Balaban J connectivity index is 1.29. The third kappa shape index (κ3) is 4.31. The Morgan fingerprint density at radius 3 is 2.64 bits per heavy atom. The highest BCUT2D eigenvalue weighted by Crippen LogP contribution is 2.21. The van der Waals surface area contributed by atoms with Crippen LogP contribution in [0, 0.1) is 0 Å². The van der Waals surface area contributed by atoms with Crippen molar-refractivity contribution in [2.45, 2.75) is 24.2 Å².